The highest BCUT2D eigenvalue weighted by Gasteiger charge is 2.53. The van der Waals surface area contributed by atoms with Crippen molar-refractivity contribution >= 4 is 5.91 Å². The van der Waals surface area contributed by atoms with E-state index in [9.17, 15) is 4.79 Å². The van der Waals surface area contributed by atoms with Crippen molar-refractivity contribution < 1.29 is 4.79 Å². The third-order valence-electron chi connectivity index (χ3n) is 4.74. The second kappa shape index (κ2) is 5.43. The lowest BCUT2D eigenvalue weighted by atomic mass is 9.96. The largest absolute Gasteiger partial charge is 0.323 e. The summed E-state index contributed by atoms with van der Waals surface area (Å²) in [6.45, 7) is 11.1. The van der Waals surface area contributed by atoms with E-state index in [1.165, 1.54) is 12.8 Å². The first kappa shape index (κ1) is 14.8. The molecule has 0 radical (unpaired) electrons. The molecule has 19 heavy (non-hydrogen) atoms. The van der Waals surface area contributed by atoms with E-state index in [2.05, 4.69) is 44.8 Å². The average Bonchev–Trinajstić information content (AvgIpc) is 2.86. The van der Waals surface area contributed by atoms with Gasteiger partial charge in [0.2, 0.25) is 5.91 Å². The van der Waals surface area contributed by atoms with Gasteiger partial charge in [0.1, 0.15) is 0 Å². The maximum atomic E-state index is 12.9. The summed E-state index contributed by atoms with van der Waals surface area (Å²) in [6.07, 6.45) is 5.75. The molecule has 1 aliphatic carbocycles. The molecule has 2 fully saturated rings. The lowest BCUT2D eigenvalue weighted by molar-refractivity contribution is -0.135. The summed E-state index contributed by atoms with van der Waals surface area (Å²) in [7, 11) is 0. The quantitative estimate of drug-likeness (QED) is 0.848. The summed E-state index contributed by atoms with van der Waals surface area (Å²) in [5.74, 6) is 1.48. The molecule has 1 heterocycles. The molecule has 1 saturated carbocycles. The first-order valence-electron chi connectivity index (χ1n) is 7.98. The minimum Gasteiger partial charge on any atom is -0.323 e. The fraction of sp³-hybridized carbons (Fsp3) is 0.938. The second-order valence-corrected chi connectivity index (χ2v) is 7.31. The van der Waals surface area contributed by atoms with Crippen LogP contribution in [0.3, 0.4) is 0 Å². The lowest BCUT2D eigenvalue weighted by Crippen LogP contribution is -2.46. The van der Waals surface area contributed by atoms with E-state index in [-0.39, 0.29) is 11.7 Å². The first-order chi connectivity index (χ1) is 8.87. The summed E-state index contributed by atoms with van der Waals surface area (Å²) in [4.78, 5) is 15.1. The van der Waals surface area contributed by atoms with Gasteiger partial charge in [-0.2, -0.15) is 0 Å². The van der Waals surface area contributed by atoms with Crippen molar-refractivity contribution in [3.8, 4) is 0 Å². The van der Waals surface area contributed by atoms with Crippen LogP contribution >= 0.6 is 0 Å². The summed E-state index contributed by atoms with van der Waals surface area (Å²) in [5, 5.41) is 3.70. The van der Waals surface area contributed by atoms with Crippen molar-refractivity contribution in [2.75, 3.05) is 0 Å². The fourth-order valence-electron chi connectivity index (χ4n) is 3.88. The monoisotopic (exact) mass is 266 g/mol. The van der Waals surface area contributed by atoms with E-state index < -0.39 is 0 Å². The Morgan fingerprint density at radius 1 is 1.21 bits per heavy atom. The highest BCUT2D eigenvalue weighted by atomic mass is 16.2. The Kier molecular flexibility index (Phi) is 4.24. The van der Waals surface area contributed by atoms with E-state index in [0.29, 0.717) is 23.8 Å². The number of carbonyl (C=O) groups excluding carboxylic acids is 1. The molecule has 0 aromatic heterocycles. The Morgan fingerprint density at radius 2 is 1.79 bits per heavy atom. The van der Waals surface area contributed by atoms with Gasteiger partial charge in [0.15, 0.2) is 0 Å². The molecular formula is C16H30N2O. The third kappa shape index (κ3) is 2.67. The molecule has 3 nitrogen and oxygen atoms in total. The van der Waals surface area contributed by atoms with Gasteiger partial charge in [-0.1, -0.05) is 40.5 Å². The number of nitrogens with zero attached hydrogens (tertiary/aromatic N) is 1. The maximum Gasteiger partial charge on any atom is 0.244 e. The van der Waals surface area contributed by atoms with E-state index in [1.54, 1.807) is 0 Å². The number of nitrogens with one attached hydrogen (secondary N) is 1. The van der Waals surface area contributed by atoms with Crippen LogP contribution in [0.1, 0.15) is 66.7 Å². The molecule has 3 heteroatoms. The maximum absolute atomic E-state index is 12.9. The van der Waals surface area contributed by atoms with Gasteiger partial charge >= 0.3 is 0 Å². The zero-order valence-corrected chi connectivity index (χ0v) is 13.2. The minimum absolute atomic E-state index is 0.222. The zero-order valence-electron chi connectivity index (χ0n) is 13.2. The van der Waals surface area contributed by atoms with E-state index in [1.807, 2.05) is 0 Å². The average molecular weight is 266 g/mol. The van der Waals surface area contributed by atoms with E-state index >= 15 is 0 Å². The van der Waals surface area contributed by atoms with Gasteiger partial charge < -0.3 is 4.90 Å². The Labute approximate surface area is 118 Å². The minimum atomic E-state index is -0.222. The number of rotatable bonds is 4. The molecule has 0 aromatic rings. The van der Waals surface area contributed by atoms with Crippen molar-refractivity contribution in [1.82, 2.24) is 10.2 Å². The molecular weight excluding hydrogens is 236 g/mol. The third-order valence-corrected chi connectivity index (χ3v) is 4.74. The van der Waals surface area contributed by atoms with Crippen molar-refractivity contribution in [3.05, 3.63) is 0 Å². The number of carbonyl (C=O) groups is 1. The van der Waals surface area contributed by atoms with Crippen molar-refractivity contribution in [1.29, 1.82) is 0 Å². The Bertz CT molecular complexity index is 332. The van der Waals surface area contributed by atoms with Crippen LogP contribution in [-0.2, 0) is 4.79 Å². The summed E-state index contributed by atoms with van der Waals surface area (Å²) < 4.78 is 0. The SMILES string of the molecule is CC(C)CC(C)N1C(=O)C2(CCCC2)NC1C(C)C. The molecule has 2 rings (SSSR count). The molecule has 1 spiro atoms. The standard InChI is InChI=1S/C16H30N2O/c1-11(2)10-13(5)18-14(12(3)4)17-16(15(18)19)8-6-7-9-16/h11-14,17H,6-10H2,1-5H3. The number of amides is 1. The van der Waals surface area contributed by atoms with E-state index in [0.717, 1.165) is 19.3 Å². The van der Waals surface area contributed by atoms with Crippen LogP contribution in [0.15, 0.2) is 0 Å². The van der Waals surface area contributed by atoms with Gasteiger partial charge in [0.05, 0.1) is 11.7 Å². The van der Waals surface area contributed by atoms with Crippen molar-refractivity contribution in [2.45, 2.75) is 84.5 Å². The van der Waals surface area contributed by atoms with Crippen LogP contribution in [0.5, 0.6) is 0 Å². The first-order valence-corrected chi connectivity index (χ1v) is 7.98. The smallest absolute Gasteiger partial charge is 0.244 e. The number of hydrogen-bond acceptors (Lipinski definition) is 2. The highest BCUT2D eigenvalue weighted by Crippen LogP contribution is 2.39. The predicted molar refractivity (Wildman–Crippen MR) is 78.7 cm³/mol. The van der Waals surface area contributed by atoms with Crippen LogP contribution in [0.25, 0.3) is 0 Å². The number of hydrogen-bond donors (Lipinski definition) is 1. The second-order valence-electron chi connectivity index (χ2n) is 7.31. The molecule has 1 amide bonds. The molecule has 1 saturated heterocycles. The van der Waals surface area contributed by atoms with Gasteiger partial charge in [0.25, 0.3) is 0 Å². The molecule has 1 N–H and O–H groups in total. The van der Waals surface area contributed by atoms with E-state index in [4.69, 9.17) is 0 Å². The predicted octanol–water partition coefficient (Wildman–Crippen LogP) is 3.15. The summed E-state index contributed by atoms with van der Waals surface area (Å²) >= 11 is 0. The topological polar surface area (TPSA) is 32.3 Å². The molecule has 1 aliphatic heterocycles. The molecule has 2 atom stereocenters. The molecule has 110 valence electrons. The Balaban J connectivity index is 2.20. The van der Waals surface area contributed by atoms with Crippen molar-refractivity contribution in [2.24, 2.45) is 11.8 Å². The van der Waals surface area contributed by atoms with Gasteiger partial charge in [-0.05, 0) is 38.0 Å². The van der Waals surface area contributed by atoms with Crippen LogP contribution in [-0.4, -0.2) is 28.6 Å². The van der Waals surface area contributed by atoms with Gasteiger partial charge in [-0.15, -0.1) is 0 Å². The Morgan fingerprint density at radius 3 is 2.26 bits per heavy atom. The van der Waals surface area contributed by atoms with Crippen LogP contribution in [0, 0.1) is 11.8 Å². The normalized spacial score (nSPS) is 28.1. The lowest BCUT2D eigenvalue weighted by Gasteiger charge is -2.33. The summed E-state index contributed by atoms with van der Waals surface area (Å²) in [5.41, 5.74) is -0.222. The molecule has 2 aliphatic rings. The van der Waals surface area contributed by atoms with Crippen LogP contribution in [0.4, 0.5) is 0 Å². The van der Waals surface area contributed by atoms with Gasteiger partial charge in [0, 0.05) is 6.04 Å². The molecule has 0 bridgehead atoms. The highest BCUT2D eigenvalue weighted by molar-refractivity contribution is 5.89. The zero-order chi connectivity index (χ0) is 14.2. The van der Waals surface area contributed by atoms with Crippen LogP contribution in [0.2, 0.25) is 0 Å². The van der Waals surface area contributed by atoms with Crippen molar-refractivity contribution in [3.63, 3.8) is 0 Å². The fourth-order valence-corrected chi connectivity index (χ4v) is 3.88. The van der Waals surface area contributed by atoms with Gasteiger partial charge in [-0.25, -0.2) is 0 Å². The molecule has 0 aromatic carbocycles. The Hall–Kier alpha value is -0.570. The molecule has 2 unspecified atom stereocenters. The summed E-state index contributed by atoms with van der Waals surface area (Å²) in [6, 6.07) is 0.340. The van der Waals surface area contributed by atoms with Gasteiger partial charge in [-0.3, -0.25) is 10.1 Å². The van der Waals surface area contributed by atoms with Crippen LogP contribution < -0.4 is 5.32 Å².